The van der Waals surface area contributed by atoms with Gasteiger partial charge in [-0.3, -0.25) is 10.1 Å². The summed E-state index contributed by atoms with van der Waals surface area (Å²) in [6.45, 7) is 5.91. The van der Waals surface area contributed by atoms with Gasteiger partial charge in [0.25, 0.3) is 5.69 Å². The minimum atomic E-state index is -0.247. The Bertz CT molecular complexity index is 533. The van der Waals surface area contributed by atoms with E-state index in [1.54, 1.807) is 6.07 Å². The highest BCUT2D eigenvalue weighted by Gasteiger charge is 2.37. The van der Waals surface area contributed by atoms with Gasteiger partial charge in [-0.1, -0.05) is 6.07 Å². The van der Waals surface area contributed by atoms with Gasteiger partial charge in [-0.15, -0.1) is 0 Å². The van der Waals surface area contributed by atoms with Crippen molar-refractivity contribution >= 4 is 11.4 Å². The maximum Gasteiger partial charge on any atom is 0.292 e. The van der Waals surface area contributed by atoms with Crippen molar-refractivity contribution in [1.29, 1.82) is 0 Å². The zero-order chi connectivity index (χ0) is 14.9. The lowest BCUT2D eigenvalue weighted by Gasteiger charge is -2.46. The molecule has 5 heteroatoms. The smallest absolute Gasteiger partial charge is 0.292 e. The Labute approximate surface area is 125 Å². The molecular formula is C16H23N3O2. The number of piperidine rings is 2. The molecule has 0 aliphatic carbocycles. The van der Waals surface area contributed by atoms with Crippen molar-refractivity contribution in [2.45, 2.75) is 32.6 Å². The minimum absolute atomic E-state index is 0.246. The van der Waals surface area contributed by atoms with Crippen LogP contribution in [0.4, 0.5) is 11.4 Å². The standard InChI is InChI=1S/C16H23N3O2/c1-13-4-5-14(15(10-13)19(20)21)18-9-3-7-16(12-18)6-2-8-17-11-16/h4-5,10,17H,2-3,6-9,11-12H2,1H3. The number of benzene rings is 1. The van der Waals surface area contributed by atoms with Crippen LogP contribution in [0.1, 0.15) is 31.2 Å². The molecule has 1 unspecified atom stereocenters. The fourth-order valence-electron chi connectivity index (χ4n) is 3.84. The van der Waals surface area contributed by atoms with Crippen LogP contribution in [0, 0.1) is 22.5 Å². The van der Waals surface area contributed by atoms with E-state index in [0.29, 0.717) is 5.41 Å². The van der Waals surface area contributed by atoms with Gasteiger partial charge in [-0.05, 0) is 50.8 Å². The Kier molecular flexibility index (Phi) is 3.85. The van der Waals surface area contributed by atoms with Crippen molar-refractivity contribution < 1.29 is 4.92 Å². The first-order chi connectivity index (χ1) is 10.1. The second-order valence-electron chi connectivity index (χ2n) is 6.55. The van der Waals surface area contributed by atoms with E-state index in [0.717, 1.165) is 43.9 Å². The number of nitro benzene ring substituents is 1. The molecule has 2 heterocycles. The molecule has 21 heavy (non-hydrogen) atoms. The molecule has 0 amide bonds. The summed E-state index contributed by atoms with van der Waals surface area (Å²) in [7, 11) is 0. The fraction of sp³-hybridized carbons (Fsp3) is 0.625. The average Bonchev–Trinajstić information content (AvgIpc) is 2.48. The highest BCUT2D eigenvalue weighted by atomic mass is 16.6. The third-order valence-electron chi connectivity index (χ3n) is 4.89. The Morgan fingerprint density at radius 2 is 2.14 bits per heavy atom. The predicted octanol–water partition coefficient (Wildman–Crippen LogP) is 2.87. The summed E-state index contributed by atoms with van der Waals surface area (Å²) >= 11 is 0. The number of nitrogens with zero attached hydrogens (tertiary/aromatic N) is 2. The summed E-state index contributed by atoms with van der Waals surface area (Å²) in [4.78, 5) is 13.3. The maximum absolute atomic E-state index is 11.4. The molecule has 0 radical (unpaired) electrons. The van der Waals surface area contributed by atoms with E-state index in [2.05, 4.69) is 10.2 Å². The fourth-order valence-corrected chi connectivity index (χ4v) is 3.84. The number of hydrogen-bond acceptors (Lipinski definition) is 4. The van der Waals surface area contributed by atoms with Crippen LogP contribution in [0.15, 0.2) is 18.2 Å². The molecule has 1 aromatic carbocycles. The summed E-state index contributed by atoms with van der Waals surface area (Å²) < 4.78 is 0. The third kappa shape index (κ3) is 2.88. The predicted molar refractivity (Wildman–Crippen MR) is 83.8 cm³/mol. The van der Waals surface area contributed by atoms with E-state index in [1.165, 1.54) is 19.3 Å². The number of nitro groups is 1. The van der Waals surface area contributed by atoms with E-state index in [9.17, 15) is 10.1 Å². The normalized spacial score (nSPS) is 26.0. The highest BCUT2D eigenvalue weighted by Crippen LogP contribution is 2.40. The van der Waals surface area contributed by atoms with Gasteiger partial charge in [0.15, 0.2) is 0 Å². The zero-order valence-corrected chi connectivity index (χ0v) is 12.6. The summed E-state index contributed by atoms with van der Waals surface area (Å²) in [5.74, 6) is 0. The molecule has 1 spiro atoms. The summed E-state index contributed by atoms with van der Waals surface area (Å²) in [5, 5.41) is 14.9. The van der Waals surface area contributed by atoms with E-state index in [-0.39, 0.29) is 10.6 Å². The number of nitrogens with one attached hydrogen (secondary N) is 1. The van der Waals surface area contributed by atoms with Crippen molar-refractivity contribution in [3.8, 4) is 0 Å². The first kappa shape index (κ1) is 14.3. The van der Waals surface area contributed by atoms with Crippen LogP contribution in [0.5, 0.6) is 0 Å². The van der Waals surface area contributed by atoms with Gasteiger partial charge in [0.1, 0.15) is 5.69 Å². The third-order valence-corrected chi connectivity index (χ3v) is 4.89. The number of aryl methyl sites for hydroxylation is 1. The van der Waals surface area contributed by atoms with Crippen LogP contribution in [0.3, 0.4) is 0 Å². The van der Waals surface area contributed by atoms with Crippen molar-refractivity contribution in [2.75, 3.05) is 31.1 Å². The summed E-state index contributed by atoms with van der Waals surface area (Å²) in [5.41, 5.74) is 2.28. The zero-order valence-electron chi connectivity index (χ0n) is 12.6. The Morgan fingerprint density at radius 3 is 2.86 bits per heavy atom. The molecule has 1 aromatic rings. The van der Waals surface area contributed by atoms with Crippen molar-refractivity contribution in [3.63, 3.8) is 0 Å². The van der Waals surface area contributed by atoms with Crippen molar-refractivity contribution in [1.82, 2.24) is 5.32 Å². The number of rotatable bonds is 2. The summed E-state index contributed by atoms with van der Waals surface area (Å²) in [6, 6.07) is 5.58. The lowest BCUT2D eigenvalue weighted by Crippen LogP contribution is -2.51. The van der Waals surface area contributed by atoms with Crippen molar-refractivity contribution in [2.24, 2.45) is 5.41 Å². The second kappa shape index (κ2) is 5.64. The largest absolute Gasteiger partial charge is 0.365 e. The molecule has 2 aliphatic rings. The van der Waals surface area contributed by atoms with Gasteiger partial charge in [-0.2, -0.15) is 0 Å². The van der Waals surface area contributed by atoms with Gasteiger partial charge in [0.2, 0.25) is 0 Å². The van der Waals surface area contributed by atoms with Crippen LogP contribution in [0.2, 0.25) is 0 Å². The topological polar surface area (TPSA) is 58.4 Å². The molecule has 5 nitrogen and oxygen atoms in total. The van der Waals surface area contributed by atoms with Gasteiger partial charge >= 0.3 is 0 Å². The van der Waals surface area contributed by atoms with Gasteiger partial charge in [-0.25, -0.2) is 0 Å². The van der Waals surface area contributed by atoms with Crippen LogP contribution >= 0.6 is 0 Å². The van der Waals surface area contributed by atoms with Crippen LogP contribution in [0.25, 0.3) is 0 Å². The van der Waals surface area contributed by atoms with Crippen LogP contribution < -0.4 is 10.2 Å². The monoisotopic (exact) mass is 289 g/mol. The van der Waals surface area contributed by atoms with Crippen LogP contribution in [-0.2, 0) is 0 Å². The molecule has 114 valence electrons. The van der Waals surface area contributed by atoms with Gasteiger partial charge in [0, 0.05) is 31.1 Å². The number of hydrogen-bond donors (Lipinski definition) is 1. The molecule has 3 rings (SSSR count). The molecular weight excluding hydrogens is 266 g/mol. The summed E-state index contributed by atoms with van der Waals surface area (Å²) in [6.07, 6.45) is 4.79. The average molecular weight is 289 g/mol. The molecule has 2 saturated heterocycles. The quantitative estimate of drug-likeness (QED) is 0.672. The Morgan fingerprint density at radius 1 is 1.33 bits per heavy atom. The van der Waals surface area contributed by atoms with Gasteiger partial charge < -0.3 is 10.2 Å². The maximum atomic E-state index is 11.4. The molecule has 0 saturated carbocycles. The molecule has 0 bridgehead atoms. The molecule has 2 fully saturated rings. The molecule has 1 N–H and O–H groups in total. The van der Waals surface area contributed by atoms with E-state index in [1.807, 2.05) is 19.1 Å². The van der Waals surface area contributed by atoms with Crippen molar-refractivity contribution in [3.05, 3.63) is 33.9 Å². The van der Waals surface area contributed by atoms with E-state index >= 15 is 0 Å². The molecule has 2 aliphatic heterocycles. The first-order valence-corrected chi connectivity index (χ1v) is 7.80. The number of anilines is 1. The molecule has 0 aromatic heterocycles. The highest BCUT2D eigenvalue weighted by molar-refractivity contribution is 5.64. The van der Waals surface area contributed by atoms with Crippen LogP contribution in [-0.4, -0.2) is 31.1 Å². The molecule has 1 atom stereocenters. The lowest BCUT2D eigenvalue weighted by atomic mass is 9.74. The Balaban J connectivity index is 1.88. The SMILES string of the molecule is Cc1ccc(N2CCCC3(CCCNC3)C2)c([N+](=O)[O-])c1. The van der Waals surface area contributed by atoms with Gasteiger partial charge in [0.05, 0.1) is 4.92 Å². The Hall–Kier alpha value is -1.62. The van der Waals surface area contributed by atoms with E-state index < -0.39 is 0 Å². The lowest BCUT2D eigenvalue weighted by molar-refractivity contribution is -0.384. The van der Waals surface area contributed by atoms with E-state index in [4.69, 9.17) is 0 Å². The minimum Gasteiger partial charge on any atom is -0.365 e. The second-order valence-corrected chi connectivity index (χ2v) is 6.55. The first-order valence-electron chi connectivity index (χ1n) is 7.80.